The van der Waals surface area contributed by atoms with E-state index in [0.29, 0.717) is 18.6 Å². The second-order valence-corrected chi connectivity index (χ2v) is 6.95. The minimum absolute atomic E-state index is 0.0798. The van der Waals surface area contributed by atoms with Crippen molar-refractivity contribution < 1.29 is 14.7 Å². The Hall–Kier alpha value is -1.10. The zero-order chi connectivity index (χ0) is 15.0. The van der Waals surface area contributed by atoms with Crippen molar-refractivity contribution >= 4 is 11.9 Å². The van der Waals surface area contributed by atoms with E-state index in [-0.39, 0.29) is 17.9 Å². The van der Waals surface area contributed by atoms with Crippen LogP contribution in [0.15, 0.2) is 0 Å². The summed E-state index contributed by atoms with van der Waals surface area (Å²) in [7, 11) is 1.92. The second kappa shape index (κ2) is 5.95. The molecular weight excluding hydrogens is 268 g/mol. The normalized spacial score (nSPS) is 33.3. The molecule has 3 fully saturated rings. The van der Waals surface area contributed by atoms with Crippen LogP contribution in [0.5, 0.6) is 0 Å². The molecule has 3 rings (SSSR count). The first-order valence-electron chi connectivity index (χ1n) is 8.32. The molecule has 3 unspecified atom stereocenters. The molecule has 1 saturated carbocycles. The molecule has 0 radical (unpaired) electrons. The molecule has 2 bridgehead atoms. The van der Waals surface area contributed by atoms with Gasteiger partial charge in [0, 0.05) is 25.2 Å². The summed E-state index contributed by atoms with van der Waals surface area (Å²) in [4.78, 5) is 27.9. The number of likely N-dealkylation sites (N-methyl/N-ethyl adjacent to an activating group) is 1. The van der Waals surface area contributed by atoms with Crippen molar-refractivity contribution in [2.45, 2.75) is 69.5 Å². The Balaban J connectivity index is 1.59. The molecule has 3 aliphatic rings. The van der Waals surface area contributed by atoms with Crippen molar-refractivity contribution in [2.75, 3.05) is 13.6 Å². The predicted molar refractivity (Wildman–Crippen MR) is 78.9 cm³/mol. The van der Waals surface area contributed by atoms with Crippen LogP contribution in [0.3, 0.4) is 0 Å². The molecule has 3 atom stereocenters. The Bertz CT molecular complexity index is 420. The molecule has 2 saturated heterocycles. The van der Waals surface area contributed by atoms with Gasteiger partial charge in [-0.1, -0.05) is 19.3 Å². The maximum Gasteiger partial charge on any atom is 0.308 e. The molecular formula is C16H26N2O3. The van der Waals surface area contributed by atoms with Gasteiger partial charge in [0.15, 0.2) is 0 Å². The predicted octanol–water partition coefficient (Wildman–Crippen LogP) is 1.71. The number of carboxylic acid groups (broad SMARTS) is 1. The first-order valence-corrected chi connectivity index (χ1v) is 8.32. The minimum atomic E-state index is -0.694. The first kappa shape index (κ1) is 14.8. The Morgan fingerprint density at radius 3 is 2.48 bits per heavy atom. The van der Waals surface area contributed by atoms with Gasteiger partial charge < -0.3 is 10.0 Å². The molecule has 5 nitrogen and oxygen atoms in total. The molecule has 1 amide bonds. The molecule has 1 aliphatic carbocycles. The highest BCUT2D eigenvalue weighted by Crippen LogP contribution is 2.41. The molecule has 1 N–H and O–H groups in total. The largest absolute Gasteiger partial charge is 0.481 e. The summed E-state index contributed by atoms with van der Waals surface area (Å²) >= 11 is 0. The average Bonchev–Trinajstić information content (AvgIpc) is 3.04. The third-order valence-corrected chi connectivity index (χ3v) is 5.83. The molecule has 21 heavy (non-hydrogen) atoms. The number of hydrogen-bond acceptors (Lipinski definition) is 3. The molecule has 5 heteroatoms. The van der Waals surface area contributed by atoms with Gasteiger partial charge in [0.05, 0.1) is 12.5 Å². The van der Waals surface area contributed by atoms with Gasteiger partial charge in [0.25, 0.3) is 0 Å². The average molecular weight is 294 g/mol. The molecule has 0 aromatic carbocycles. The van der Waals surface area contributed by atoms with Crippen LogP contribution in [0.25, 0.3) is 0 Å². The summed E-state index contributed by atoms with van der Waals surface area (Å²) in [5, 5.41) is 9.28. The van der Waals surface area contributed by atoms with Crippen LogP contribution in [0.2, 0.25) is 0 Å². The number of fused-ring (bicyclic) bond motifs is 2. The van der Waals surface area contributed by atoms with E-state index in [1.807, 2.05) is 11.9 Å². The van der Waals surface area contributed by atoms with Crippen LogP contribution < -0.4 is 0 Å². The Morgan fingerprint density at radius 2 is 1.86 bits per heavy atom. The fraction of sp³-hybridized carbons (Fsp3) is 0.875. The van der Waals surface area contributed by atoms with Gasteiger partial charge in [-0.25, -0.2) is 0 Å². The van der Waals surface area contributed by atoms with Gasteiger partial charge in [0.1, 0.15) is 0 Å². The van der Waals surface area contributed by atoms with E-state index < -0.39 is 5.97 Å². The Kier molecular flexibility index (Phi) is 4.20. The molecule has 0 aromatic rings. The van der Waals surface area contributed by atoms with E-state index in [1.54, 1.807) is 0 Å². The van der Waals surface area contributed by atoms with E-state index in [1.165, 1.54) is 19.3 Å². The molecule has 118 valence electrons. The number of carboxylic acids is 1. The van der Waals surface area contributed by atoms with Crippen LogP contribution in [0.1, 0.15) is 51.4 Å². The summed E-state index contributed by atoms with van der Waals surface area (Å²) in [6.45, 7) is 0.409. The Morgan fingerprint density at radius 1 is 1.14 bits per heavy atom. The topological polar surface area (TPSA) is 60.9 Å². The van der Waals surface area contributed by atoms with Crippen LogP contribution in [0.4, 0.5) is 0 Å². The van der Waals surface area contributed by atoms with E-state index in [0.717, 1.165) is 32.1 Å². The zero-order valence-electron chi connectivity index (χ0n) is 12.8. The number of amides is 1. The highest BCUT2D eigenvalue weighted by molar-refractivity contribution is 5.79. The quantitative estimate of drug-likeness (QED) is 0.857. The summed E-state index contributed by atoms with van der Waals surface area (Å²) in [6.07, 6.45) is 8.67. The van der Waals surface area contributed by atoms with Crippen molar-refractivity contribution in [3.63, 3.8) is 0 Å². The lowest BCUT2D eigenvalue weighted by Gasteiger charge is -2.33. The number of hydrogen-bond donors (Lipinski definition) is 1. The third-order valence-electron chi connectivity index (χ3n) is 5.83. The van der Waals surface area contributed by atoms with E-state index in [4.69, 9.17) is 0 Å². The van der Waals surface area contributed by atoms with Crippen molar-refractivity contribution in [3.05, 3.63) is 0 Å². The van der Waals surface area contributed by atoms with Gasteiger partial charge in [0.2, 0.25) is 5.91 Å². The number of carbonyl (C=O) groups excluding carboxylic acids is 1. The fourth-order valence-electron chi connectivity index (χ4n) is 4.55. The third kappa shape index (κ3) is 2.80. The standard InChI is InChI=1S/C16H26N2O3/c1-17(11-5-3-2-4-6-11)15(19)10-18-12-7-8-14(18)13(9-12)16(20)21/h11-14H,2-10H2,1H3,(H,20,21). The summed E-state index contributed by atoms with van der Waals surface area (Å²) in [5.74, 6) is -0.790. The second-order valence-electron chi connectivity index (χ2n) is 6.95. The van der Waals surface area contributed by atoms with Crippen molar-refractivity contribution in [2.24, 2.45) is 5.92 Å². The minimum Gasteiger partial charge on any atom is -0.481 e. The zero-order valence-corrected chi connectivity index (χ0v) is 12.8. The van der Waals surface area contributed by atoms with Crippen molar-refractivity contribution in [1.29, 1.82) is 0 Å². The van der Waals surface area contributed by atoms with Crippen LogP contribution in [-0.2, 0) is 9.59 Å². The maximum absolute atomic E-state index is 12.5. The lowest BCUT2D eigenvalue weighted by molar-refractivity contribution is -0.143. The monoisotopic (exact) mass is 294 g/mol. The molecule has 2 aliphatic heterocycles. The van der Waals surface area contributed by atoms with Crippen LogP contribution >= 0.6 is 0 Å². The highest BCUT2D eigenvalue weighted by Gasteiger charge is 2.49. The number of nitrogens with zero attached hydrogens (tertiary/aromatic N) is 2. The maximum atomic E-state index is 12.5. The first-order chi connectivity index (χ1) is 10.1. The van der Waals surface area contributed by atoms with E-state index in [2.05, 4.69) is 4.90 Å². The van der Waals surface area contributed by atoms with Gasteiger partial charge in [-0.05, 0) is 32.1 Å². The summed E-state index contributed by atoms with van der Waals surface area (Å²) < 4.78 is 0. The summed E-state index contributed by atoms with van der Waals surface area (Å²) in [5.41, 5.74) is 0. The van der Waals surface area contributed by atoms with Gasteiger partial charge >= 0.3 is 5.97 Å². The van der Waals surface area contributed by atoms with Crippen molar-refractivity contribution in [3.8, 4) is 0 Å². The Labute approximate surface area is 126 Å². The van der Waals surface area contributed by atoms with E-state index in [9.17, 15) is 14.7 Å². The van der Waals surface area contributed by atoms with Crippen LogP contribution in [-0.4, -0.2) is 58.5 Å². The molecule has 0 spiro atoms. The lowest BCUT2D eigenvalue weighted by Crippen LogP contribution is -2.46. The fourth-order valence-corrected chi connectivity index (χ4v) is 4.55. The van der Waals surface area contributed by atoms with Gasteiger partial charge in [-0.2, -0.15) is 0 Å². The van der Waals surface area contributed by atoms with E-state index >= 15 is 0 Å². The number of aliphatic carboxylic acids is 1. The van der Waals surface area contributed by atoms with Gasteiger partial charge in [-0.3, -0.25) is 14.5 Å². The van der Waals surface area contributed by atoms with Crippen molar-refractivity contribution in [1.82, 2.24) is 9.80 Å². The molecule has 0 aromatic heterocycles. The number of carbonyl (C=O) groups is 2. The SMILES string of the molecule is CN(C(=O)CN1C2CCC1C(C(=O)O)C2)C1CCCCC1. The smallest absolute Gasteiger partial charge is 0.308 e. The summed E-state index contributed by atoms with van der Waals surface area (Å²) in [6, 6.07) is 0.776. The van der Waals surface area contributed by atoms with Crippen LogP contribution in [0, 0.1) is 5.92 Å². The van der Waals surface area contributed by atoms with Gasteiger partial charge in [-0.15, -0.1) is 0 Å². The molecule has 2 heterocycles. The number of rotatable bonds is 4. The lowest BCUT2D eigenvalue weighted by atomic mass is 9.89. The highest BCUT2D eigenvalue weighted by atomic mass is 16.4.